The molecule has 0 saturated carbocycles. The summed E-state index contributed by atoms with van der Waals surface area (Å²) in [5.74, 6) is 0. The minimum Gasteiger partial charge on any atom is -0.372 e. The number of fused-ring (bicyclic) bond motifs is 2. The van der Waals surface area contributed by atoms with E-state index in [1.807, 2.05) is 0 Å². The Morgan fingerprint density at radius 1 is 0.340 bits per heavy atom. The first-order valence-corrected chi connectivity index (χ1v) is 16.7. The number of aromatic nitrogens is 2. The molecule has 0 unspecified atom stereocenters. The van der Waals surface area contributed by atoms with Gasteiger partial charge in [-0.2, -0.15) is 0 Å². The summed E-state index contributed by atoms with van der Waals surface area (Å²) in [4.78, 5) is 0. The molecule has 15 rings (SSSR count). The molecule has 0 amide bonds. The molecule has 6 aromatic carbocycles. The summed E-state index contributed by atoms with van der Waals surface area (Å²) in [5, 5.41) is 5.01. The largest absolute Gasteiger partial charge is 0.372 e. The van der Waals surface area contributed by atoms with Crippen LogP contribution in [0.3, 0.4) is 0 Å². The molecule has 4 heteroatoms. The van der Waals surface area contributed by atoms with E-state index in [0.717, 1.165) is 19.3 Å². The molecule has 0 N–H and O–H groups in total. The Hall–Kier alpha value is -5.16. The van der Waals surface area contributed by atoms with Crippen molar-refractivity contribution < 1.29 is 9.47 Å². The van der Waals surface area contributed by atoms with Crippen LogP contribution in [0.25, 0.3) is 55.0 Å². The normalized spacial score (nSPS) is 14.9. The molecule has 0 saturated heterocycles. The average molecular weight is 611 g/mol. The van der Waals surface area contributed by atoms with Crippen molar-refractivity contribution in [3.05, 3.63) is 155 Å². The van der Waals surface area contributed by atoms with Crippen molar-refractivity contribution in [1.82, 2.24) is 9.13 Å². The first-order valence-electron chi connectivity index (χ1n) is 16.7. The van der Waals surface area contributed by atoms with E-state index in [9.17, 15) is 0 Å². The summed E-state index contributed by atoms with van der Waals surface area (Å²) in [7, 11) is 0. The number of nitrogens with zero attached hydrogens (tertiary/aromatic N) is 2. The predicted octanol–water partition coefficient (Wildman–Crippen LogP) is 10.1. The van der Waals surface area contributed by atoms with Gasteiger partial charge in [-0.25, -0.2) is 0 Å². The maximum atomic E-state index is 6.43. The zero-order valence-electron chi connectivity index (χ0n) is 26.2. The highest BCUT2D eigenvalue weighted by Gasteiger charge is 2.17. The number of hydrogen-bond acceptors (Lipinski definition) is 2. The van der Waals surface area contributed by atoms with Crippen molar-refractivity contribution in [3.63, 3.8) is 0 Å². The van der Waals surface area contributed by atoms with Gasteiger partial charge in [0, 0.05) is 32.9 Å². The molecule has 0 spiro atoms. The third-order valence-corrected chi connectivity index (χ3v) is 10.2. The van der Waals surface area contributed by atoms with E-state index in [1.54, 1.807) is 0 Å². The molecular formula is C43H34N2O2. The highest BCUT2D eigenvalue weighted by Crippen LogP contribution is 2.36. The Balaban J connectivity index is 1.22. The average Bonchev–Trinajstić information content (AvgIpc) is 3.59. The summed E-state index contributed by atoms with van der Waals surface area (Å²) >= 11 is 0. The highest BCUT2D eigenvalue weighted by atomic mass is 16.5. The van der Waals surface area contributed by atoms with E-state index in [0.29, 0.717) is 26.4 Å². The lowest BCUT2D eigenvalue weighted by atomic mass is 10.0. The second kappa shape index (κ2) is 10.7. The van der Waals surface area contributed by atoms with Gasteiger partial charge >= 0.3 is 0 Å². The van der Waals surface area contributed by atoms with Crippen molar-refractivity contribution >= 4 is 43.6 Å². The molecule has 0 aliphatic carbocycles. The SMILES string of the molecule is c1cc2ccc1CCCc1ccc(cc1)-n1c3cc4ccc3c3ccc(cc31)COCc1ccc3c5ccc(cc5n-2c3c1)COC4. The fourth-order valence-electron chi connectivity index (χ4n) is 7.83. The highest BCUT2D eigenvalue weighted by molar-refractivity contribution is 6.10. The summed E-state index contributed by atoms with van der Waals surface area (Å²) in [5.41, 5.74) is 14.6. The van der Waals surface area contributed by atoms with Crippen molar-refractivity contribution in [3.8, 4) is 11.4 Å². The van der Waals surface area contributed by atoms with Gasteiger partial charge in [-0.1, -0.05) is 72.8 Å². The van der Waals surface area contributed by atoms with Crippen LogP contribution in [0.5, 0.6) is 0 Å². The Kier molecular flexibility index (Phi) is 6.15. The lowest BCUT2D eigenvalue weighted by Gasteiger charge is -2.13. The lowest BCUT2D eigenvalue weighted by molar-refractivity contribution is 0.107. The molecule has 7 aliphatic rings. The summed E-state index contributed by atoms with van der Waals surface area (Å²) in [6, 6.07) is 45.5. The standard InChI is InChI=1S/C43H34N2O2/c1-2-28-4-12-34(13-5-28)44-40-20-30-8-16-36(40)37-17-9-31(21-41(37)44)25-47-27-33-11-19-39-38-18-10-32(26-46-24-30)22-42(38)45(43(39)23-33)35-14-6-29(3-1)7-15-35/h4-23H,1-3,24-27H2. The minimum absolute atomic E-state index is 0.543. The zero-order chi connectivity index (χ0) is 30.9. The van der Waals surface area contributed by atoms with Gasteiger partial charge in [-0.15, -0.1) is 0 Å². The molecule has 9 heterocycles. The van der Waals surface area contributed by atoms with Gasteiger partial charge in [-0.05, 0) is 101 Å². The van der Waals surface area contributed by atoms with Crippen molar-refractivity contribution in [2.75, 3.05) is 0 Å². The number of rotatable bonds is 0. The van der Waals surface area contributed by atoms with Crippen LogP contribution in [-0.2, 0) is 48.7 Å². The van der Waals surface area contributed by atoms with Crippen molar-refractivity contribution in [2.45, 2.75) is 45.7 Å². The third kappa shape index (κ3) is 4.51. The Labute approximate surface area is 273 Å². The Bertz CT molecular complexity index is 2180. The maximum absolute atomic E-state index is 6.43. The van der Waals surface area contributed by atoms with Gasteiger partial charge in [0.05, 0.1) is 48.5 Å². The molecule has 228 valence electrons. The maximum Gasteiger partial charge on any atom is 0.0722 e. The van der Waals surface area contributed by atoms with Gasteiger partial charge in [0.2, 0.25) is 0 Å². The van der Waals surface area contributed by atoms with Crippen LogP contribution in [0.15, 0.2) is 121 Å². The minimum atomic E-state index is 0.543. The van der Waals surface area contributed by atoms with E-state index in [4.69, 9.17) is 9.47 Å². The second-order valence-corrected chi connectivity index (χ2v) is 13.2. The van der Waals surface area contributed by atoms with Crippen LogP contribution in [-0.4, -0.2) is 9.13 Å². The number of ether oxygens (including phenoxy) is 2. The molecule has 14 bridgehead atoms. The number of hydrogen-bond donors (Lipinski definition) is 0. The Morgan fingerprint density at radius 2 is 0.638 bits per heavy atom. The topological polar surface area (TPSA) is 28.3 Å². The molecule has 0 radical (unpaired) electrons. The van der Waals surface area contributed by atoms with E-state index in [1.165, 1.54) is 88.4 Å². The van der Waals surface area contributed by atoms with Crippen LogP contribution in [0.4, 0.5) is 0 Å². The van der Waals surface area contributed by atoms with Crippen molar-refractivity contribution in [2.24, 2.45) is 0 Å². The summed E-state index contributed by atoms with van der Waals surface area (Å²) < 4.78 is 17.7. The third-order valence-electron chi connectivity index (χ3n) is 10.2. The fraction of sp³-hybridized carbons (Fsp3) is 0.163. The molecule has 4 nitrogen and oxygen atoms in total. The van der Waals surface area contributed by atoms with Crippen LogP contribution < -0.4 is 0 Å². The molecule has 2 aromatic heterocycles. The van der Waals surface area contributed by atoms with Gasteiger partial charge < -0.3 is 18.6 Å². The molecule has 0 atom stereocenters. The smallest absolute Gasteiger partial charge is 0.0722 e. The molecule has 47 heavy (non-hydrogen) atoms. The molecule has 8 aromatic rings. The van der Waals surface area contributed by atoms with Crippen LogP contribution >= 0.6 is 0 Å². The van der Waals surface area contributed by atoms with Crippen molar-refractivity contribution in [1.29, 1.82) is 0 Å². The van der Waals surface area contributed by atoms with E-state index >= 15 is 0 Å². The van der Waals surface area contributed by atoms with Gasteiger partial charge in [0.1, 0.15) is 0 Å². The van der Waals surface area contributed by atoms with Crippen LogP contribution in [0.1, 0.15) is 39.8 Å². The fourth-order valence-corrected chi connectivity index (χ4v) is 7.83. The molecule has 7 aliphatic heterocycles. The summed E-state index contributed by atoms with van der Waals surface area (Å²) in [6.07, 6.45) is 3.22. The van der Waals surface area contributed by atoms with E-state index in [-0.39, 0.29) is 0 Å². The zero-order valence-corrected chi connectivity index (χ0v) is 26.2. The first-order chi connectivity index (χ1) is 23.2. The predicted molar refractivity (Wildman–Crippen MR) is 191 cm³/mol. The lowest BCUT2D eigenvalue weighted by Crippen LogP contribution is -2.00. The summed E-state index contributed by atoms with van der Waals surface area (Å²) in [6.45, 7) is 2.17. The van der Waals surface area contributed by atoms with E-state index < -0.39 is 0 Å². The quantitative estimate of drug-likeness (QED) is 0.171. The van der Waals surface area contributed by atoms with Gasteiger partial charge in [0.15, 0.2) is 0 Å². The number of aryl methyl sites for hydroxylation is 2. The van der Waals surface area contributed by atoms with E-state index in [2.05, 4.69) is 130 Å². The monoisotopic (exact) mass is 610 g/mol. The van der Waals surface area contributed by atoms with Gasteiger partial charge in [0.25, 0.3) is 0 Å². The first kappa shape index (κ1) is 27.0. The second-order valence-electron chi connectivity index (χ2n) is 13.2. The number of benzene rings is 6. The van der Waals surface area contributed by atoms with Gasteiger partial charge in [-0.3, -0.25) is 0 Å². The van der Waals surface area contributed by atoms with Crippen LogP contribution in [0, 0.1) is 0 Å². The van der Waals surface area contributed by atoms with Crippen LogP contribution in [0.2, 0.25) is 0 Å². The molecular weight excluding hydrogens is 576 g/mol. The molecule has 0 fully saturated rings. The Morgan fingerprint density at radius 3 is 0.957 bits per heavy atom.